The number of likely N-dealkylation sites (tertiary alicyclic amines) is 2. The molecule has 1 atom stereocenters. The lowest BCUT2D eigenvalue weighted by Gasteiger charge is -2.40. The van der Waals surface area contributed by atoms with Crippen LogP contribution in [-0.2, 0) is 6.42 Å². The maximum Gasteiger partial charge on any atom is 0.265 e. The van der Waals surface area contributed by atoms with Gasteiger partial charge in [-0.25, -0.2) is 4.98 Å². The highest BCUT2D eigenvalue weighted by Gasteiger charge is 2.43. The second-order valence-electron chi connectivity index (χ2n) is 8.21. The Morgan fingerprint density at radius 1 is 1.19 bits per heavy atom. The largest absolute Gasteiger partial charge is 0.337 e. The van der Waals surface area contributed by atoms with E-state index in [-0.39, 0.29) is 5.91 Å². The van der Waals surface area contributed by atoms with Gasteiger partial charge in [0.05, 0.1) is 11.2 Å². The highest BCUT2D eigenvalue weighted by molar-refractivity contribution is 7.11. The van der Waals surface area contributed by atoms with Crippen LogP contribution in [0.2, 0.25) is 0 Å². The summed E-state index contributed by atoms with van der Waals surface area (Å²) in [7, 11) is 0. The molecule has 1 spiro atoms. The minimum Gasteiger partial charge on any atom is -0.337 e. The molecule has 1 aromatic carbocycles. The Hall–Kier alpha value is -1.72. The fourth-order valence-corrected chi connectivity index (χ4v) is 5.51. The van der Waals surface area contributed by atoms with E-state index >= 15 is 0 Å². The molecule has 0 N–H and O–H groups in total. The quantitative estimate of drug-likeness (QED) is 0.783. The summed E-state index contributed by atoms with van der Waals surface area (Å²) in [6, 6.07) is 10.8. The number of aryl methyl sites for hydroxylation is 2. The van der Waals surface area contributed by atoms with Crippen molar-refractivity contribution in [2.45, 2.75) is 39.0 Å². The van der Waals surface area contributed by atoms with Crippen LogP contribution in [0.15, 0.2) is 35.8 Å². The Bertz CT molecular complexity index is 775. The molecule has 5 heteroatoms. The van der Waals surface area contributed by atoms with E-state index in [2.05, 4.69) is 45.1 Å². The number of hydrogen-bond donors (Lipinski definition) is 0. The second kappa shape index (κ2) is 8.11. The van der Waals surface area contributed by atoms with Crippen LogP contribution < -0.4 is 0 Å². The summed E-state index contributed by atoms with van der Waals surface area (Å²) in [5.41, 5.74) is 4.39. The Balaban J connectivity index is 1.31. The van der Waals surface area contributed by atoms with E-state index in [1.54, 1.807) is 5.51 Å². The van der Waals surface area contributed by atoms with E-state index in [9.17, 15) is 4.79 Å². The molecule has 0 unspecified atom stereocenters. The molecule has 1 aromatic heterocycles. The van der Waals surface area contributed by atoms with Crippen LogP contribution in [0, 0.1) is 12.3 Å². The molecular weight excluding hydrogens is 354 g/mol. The smallest absolute Gasteiger partial charge is 0.265 e. The van der Waals surface area contributed by atoms with Crippen molar-refractivity contribution in [3.05, 3.63) is 52.0 Å². The maximum absolute atomic E-state index is 12.8. The SMILES string of the molecule is Cc1ncsc1C(=O)N1CC[C@]2(CCCN(CCCc3ccccc3)C2)C1. The molecule has 2 aliphatic rings. The van der Waals surface area contributed by atoms with Crippen LogP contribution >= 0.6 is 11.3 Å². The Kier molecular flexibility index (Phi) is 5.60. The molecule has 2 aliphatic heterocycles. The van der Waals surface area contributed by atoms with E-state index in [1.807, 2.05) is 6.92 Å². The number of amides is 1. The number of piperidine rings is 1. The first-order chi connectivity index (χ1) is 13.2. The third-order valence-corrected chi connectivity index (χ3v) is 7.10. The number of rotatable bonds is 5. The first kappa shape index (κ1) is 18.6. The summed E-state index contributed by atoms with van der Waals surface area (Å²) in [5.74, 6) is 0.188. The van der Waals surface area contributed by atoms with Crippen molar-refractivity contribution in [1.82, 2.24) is 14.8 Å². The molecule has 2 fully saturated rings. The molecule has 4 rings (SSSR count). The standard InChI is InChI=1S/C22H29N3OS/c1-18-20(27-17-23-18)21(26)25-14-11-22(16-25)10-6-13-24(15-22)12-5-9-19-7-3-2-4-8-19/h2-4,7-8,17H,5-6,9-16H2,1H3/t22-/m0/s1. The van der Waals surface area contributed by atoms with Crippen LogP contribution in [0.25, 0.3) is 0 Å². The van der Waals surface area contributed by atoms with Crippen LogP contribution in [0.5, 0.6) is 0 Å². The van der Waals surface area contributed by atoms with Gasteiger partial charge in [0.15, 0.2) is 0 Å². The molecule has 2 aromatic rings. The molecule has 0 saturated carbocycles. The maximum atomic E-state index is 12.8. The average Bonchev–Trinajstić information content (AvgIpc) is 3.29. The van der Waals surface area contributed by atoms with E-state index < -0.39 is 0 Å². The van der Waals surface area contributed by atoms with Gasteiger partial charge in [0.2, 0.25) is 0 Å². The fraction of sp³-hybridized carbons (Fsp3) is 0.545. The van der Waals surface area contributed by atoms with Gasteiger partial charge in [-0.15, -0.1) is 11.3 Å². The molecular formula is C22H29N3OS. The Morgan fingerprint density at radius 3 is 2.81 bits per heavy atom. The molecule has 0 radical (unpaired) electrons. The van der Waals surface area contributed by atoms with Crippen molar-refractivity contribution < 1.29 is 4.79 Å². The van der Waals surface area contributed by atoms with Crippen molar-refractivity contribution in [1.29, 1.82) is 0 Å². The third kappa shape index (κ3) is 4.25. The summed E-state index contributed by atoms with van der Waals surface area (Å²) < 4.78 is 0. The molecule has 0 bridgehead atoms. The van der Waals surface area contributed by atoms with Crippen molar-refractivity contribution in [2.24, 2.45) is 5.41 Å². The zero-order valence-corrected chi connectivity index (χ0v) is 17.0. The number of carbonyl (C=O) groups is 1. The van der Waals surface area contributed by atoms with Crippen molar-refractivity contribution >= 4 is 17.2 Å². The van der Waals surface area contributed by atoms with E-state index in [0.717, 1.165) is 43.0 Å². The monoisotopic (exact) mass is 383 g/mol. The van der Waals surface area contributed by atoms with Gasteiger partial charge in [-0.2, -0.15) is 0 Å². The fourth-order valence-electron chi connectivity index (χ4n) is 4.74. The summed E-state index contributed by atoms with van der Waals surface area (Å²) >= 11 is 1.48. The van der Waals surface area contributed by atoms with Crippen LogP contribution in [0.1, 0.15) is 46.6 Å². The molecule has 1 amide bonds. The number of thiazole rings is 1. The predicted octanol–water partition coefficient (Wildman–Crippen LogP) is 4.01. The van der Waals surface area contributed by atoms with Gasteiger partial charge in [-0.3, -0.25) is 4.79 Å². The van der Waals surface area contributed by atoms with Gasteiger partial charge < -0.3 is 9.80 Å². The summed E-state index contributed by atoms with van der Waals surface area (Å²) in [4.78, 5) is 22.6. The number of aromatic nitrogens is 1. The summed E-state index contributed by atoms with van der Waals surface area (Å²) in [6.07, 6.45) is 6.02. The van der Waals surface area contributed by atoms with E-state index in [0.29, 0.717) is 5.41 Å². The second-order valence-corrected chi connectivity index (χ2v) is 9.07. The average molecular weight is 384 g/mol. The zero-order valence-electron chi connectivity index (χ0n) is 16.2. The van der Waals surface area contributed by atoms with Gasteiger partial charge in [0.1, 0.15) is 4.88 Å². The Morgan fingerprint density at radius 2 is 2.04 bits per heavy atom. The van der Waals surface area contributed by atoms with Crippen molar-refractivity contribution in [2.75, 3.05) is 32.7 Å². The number of hydrogen-bond acceptors (Lipinski definition) is 4. The minimum atomic E-state index is 0.188. The highest BCUT2D eigenvalue weighted by Crippen LogP contribution is 2.39. The molecule has 4 nitrogen and oxygen atoms in total. The molecule has 3 heterocycles. The zero-order chi connectivity index (χ0) is 18.7. The molecule has 2 saturated heterocycles. The lowest BCUT2D eigenvalue weighted by atomic mass is 9.79. The van der Waals surface area contributed by atoms with Crippen LogP contribution in [-0.4, -0.2) is 53.4 Å². The first-order valence-corrected chi connectivity index (χ1v) is 11.0. The van der Waals surface area contributed by atoms with Gasteiger partial charge >= 0.3 is 0 Å². The van der Waals surface area contributed by atoms with Gasteiger partial charge in [-0.1, -0.05) is 30.3 Å². The lowest BCUT2D eigenvalue weighted by Crippen LogP contribution is -2.45. The van der Waals surface area contributed by atoms with E-state index in [1.165, 1.54) is 49.3 Å². The van der Waals surface area contributed by atoms with Crippen molar-refractivity contribution in [3.63, 3.8) is 0 Å². The third-order valence-electron chi connectivity index (χ3n) is 6.19. The Labute approximate surface area is 166 Å². The van der Waals surface area contributed by atoms with Crippen LogP contribution in [0.3, 0.4) is 0 Å². The highest BCUT2D eigenvalue weighted by atomic mass is 32.1. The predicted molar refractivity (Wildman–Crippen MR) is 110 cm³/mol. The van der Waals surface area contributed by atoms with Crippen LogP contribution in [0.4, 0.5) is 0 Å². The molecule has 144 valence electrons. The number of carbonyl (C=O) groups excluding carboxylic acids is 1. The number of benzene rings is 1. The summed E-state index contributed by atoms with van der Waals surface area (Å²) in [6.45, 7) is 7.27. The van der Waals surface area contributed by atoms with E-state index in [4.69, 9.17) is 0 Å². The summed E-state index contributed by atoms with van der Waals surface area (Å²) in [5, 5.41) is 0. The van der Waals surface area contributed by atoms with Crippen molar-refractivity contribution in [3.8, 4) is 0 Å². The first-order valence-electron chi connectivity index (χ1n) is 10.1. The molecule has 0 aliphatic carbocycles. The lowest BCUT2D eigenvalue weighted by molar-refractivity contribution is 0.0691. The molecule has 27 heavy (non-hydrogen) atoms. The minimum absolute atomic E-state index is 0.188. The topological polar surface area (TPSA) is 36.4 Å². The van der Waals surface area contributed by atoms with Gasteiger partial charge in [0, 0.05) is 25.0 Å². The van der Waals surface area contributed by atoms with Gasteiger partial charge in [-0.05, 0) is 57.7 Å². The van der Waals surface area contributed by atoms with Gasteiger partial charge in [0.25, 0.3) is 5.91 Å². The number of nitrogens with zero attached hydrogens (tertiary/aromatic N) is 3. The normalized spacial score (nSPS) is 23.2.